The molecular weight excluding hydrogens is 318 g/mol. The number of rotatable bonds is 4. The van der Waals surface area contributed by atoms with Crippen LogP contribution in [0.5, 0.6) is 0 Å². The first-order valence-corrected chi connectivity index (χ1v) is 9.06. The van der Waals surface area contributed by atoms with Crippen molar-refractivity contribution in [3.05, 3.63) is 28.7 Å². The predicted octanol–water partition coefficient (Wildman–Crippen LogP) is 0.357. The number of hydrogen-bond acceptors (Lipinski definition) is 4. The van der Waals surface area contributed by atoms with Crippen LogP contribution in [0.25, 0.3) is 0 Å². The van der Waals surface area contributed by atoms with Crippen molar-refractivity contribution >= 4 is 15.9 Å². The molecule has 1 saturated heterocycles. The lowest BCUT2D eigenvalue weighted by Gasteiger charge is -2.31. The summed E-state index contributed by atoms with van der Waals surface area (Å²) < 4.78 is 26.5. The van der Waals surface area contributed by atoms with Crippen LogP contribution >= 0.6 is 0 Å². The number of pyridine rings is 1. The number of amides is 1. The Kier molecular flexibility index (Phi) is 5.26. The molecule has 1 fully saturated rings. The molecule has 1 amide bonds. The summed E-state index contributed by atoms with van der Waals surface area (Å²) in [5, 5.41) is 0. The third-order valence-electron chi connectivity index (χ3n) is 4.05. The minimum atomic E-state index is -3.64. The molecule has 128 valence electrons. The molecule has 23 heavy (non-hydrogen) atoms. The largest absolute Gasteiger partial charge is 0.341 e. The monoisotopic (exact) mass is 341 g/mol. The average Bonchev–Trinajstić information content (AvgIpc) is 2.49. The van der Waals surface area contributed by atoms with Crippen molar-refractivity contribution in [1.82, 2.24) is 13.8 Å². The molecule has 0 spiro atoms. The summed E-state index contributed by atoms with van der Waals surface area (Å²) in [5.41, 5.74) is -0.388. The van der Waals surface area contributed by atoms with E-state index < -0.39 is 10.0 Å². The second kappa shape index (κ2) is 6.84. The third-order valence-corrected chi connectivity index (χ3v) is 5.85. The molecule has 7 nitrogen and oxygen atoms in total. The second-order valence-corrected chi connectivity index (χ2v) is 8.36. The zero-order valence-electron chi connectivity index (χ0n) is 13.7. The minimum Gasteiger partial charge on any atom is -0.341 e. The minimum absolute atomic E-state index is 0.00177. The van der Waals surface area contributed by atoms with Gasteiger partial charge >= 0.3 is 0 Å². The van der Waals surface area contributed by atoms with E-state index in [9.17, 15) is 18.0 Å². The maximum atomic E-state index is 12.4. The molecule has 0 radical (unpaired) electrons. The highest BCUT2D eigenvalue weighted by Gasteiger charge is 2.22. The quantitative estimate of drug-likeness (QED) is 0.792. The number of nitrogens with zero attached hydrogens (tertiary/aromatic N) is 3. The molecule has 1 atom stereocenters. The Balaban J connectivity index is 2.23. The van der Waals surface area contributed by atoms with Gasteiger partial charge in [-0.3, -0.25) is 9.59 Å². The number of piperidine rings is 1. The lowest BCUT2D eigenvalue weighted by atomic mass is 10.0. The van der Waals surface area contributed by atoms with E-state index in [1.54, 1.807) is 4.90 Å². The molecule has 0 aliphatic carbocycles. The lowest BCUT2D eigenvalue weighted by Crippen LogP contribution is -2.42. The highest BCUT2D eigenvalue weighted by atomic mass is 32.2. The van der Waals surface area contributed by atoms with Gasteiger partial charge in [0.1, 0.15) is 6.54 Å². The van der Waals surface area contributed by atoms with E-state index in [0.29, 0.717) is 19.0 Å². The van der Waals surface area contributed by atoms with Gasteiger partial charge in [-0.2, -0.15) is 0 Å². The number of carbonyl (C=O) groups is 1. The fraction of sp³-hybridized carbons (Fsp3) is 0.600. The zero-order chi connectivity index (χ0) is 17.2. The number of sulfonamides is 1. The first kappa shape index (κ1) is 17.7. The summed E-state index contributed by atoms with van der Waals surface area (Å²) in [4.78, 5) is 26.0. The summed E-state index contributed by atoms with van der Waals surface area (Å²) in [6, 6.07) is 2.45. The molecule has 0 saturated carbocycles. The smallest absolute Gasteiger partial charge is 0.251 e. The van der Waals surface area contributed by atoms with E-state index in [0.717, 1.165) is 21.7 Å². The van der Waals surface area contributed by atoms with Crippen LogP contribution in [0.4, 0.5) is 0 Å². The molecule has 1 aromatic rings. The number of hydrogen-bond donors (Lipinski definition) is 0. The van der Waals surface area contributed by atoms with E-state index >= 15 is 0 Å². The van der Waals surface area contributed by atoms with Crippen molar-refractivity contribution in [3.8, 4) is 0 Å². The lowest BCUT2D eigenvalue weighted by molar-refractivity contribution is -0.133. The summed E-state index contributed by atoms with van der Waals surface area (Å²) in [6.07, 6.45) is 3.29. The van der Waals surface area contributed by atoms with Crippen LogP contribution in [-0.4, -0.2) is 55.3 Å². The van der Waals surface area contributed by atoms with Gasteiger partial charge in [0.15, 0.2) is 0 Å². The first-order valence-electron chi connectivity index (χ1n) is 7.62. The Morgan fingerprint density at radius 1 is 1.35 bits per heavy atom. The molecule has 1 aliphatic rings. The van der Waals surface area contributed by atoms with E-state index in [2.05, 4.69) is 6.92 Å². The van der Waals surface area contributed by atoms with Gasteiger partial charge in [-0.05, 0) is 24.8 Å². The molecule has 2 rings (SSSR count). The zero-order valence-corrected chi connectivity index (χ0v) is 14.5. The molecule has 1 aromatic heterocycles. The van der Waals surface area contributed by atoms with Gasteiger partial charge < -0.3 is 9.47 Å². The van der Waals surface area contributed by atoms with Gasteiger partial charge in [0.05, 0.1) is 4.90 Å². The Labute approximate surface area is 136 Å². The second-order valence-electron chi connectivity index (χ2n) is 6.21. The molecule has 0 N–H and O–H groups in total. The number of aromatic nitrogens is 1. The summed E-state index contributed by atoms with van der Waals surface area (Å²) in [6.45, 7) is 3.33. The Morgan fingerprint density at radius 2 is 2.04 bits per heavy atom. The van der Waals surface area contributed by atoms with Gasteiger partial charge in [-0.1, -0.05) is 6.92 Å². The third kappa shape index (κ3) is 4.00. The van der Waals surface area contributed by atoms with Gasteiger partial charge in [-0.15, -0.1) is 0 Å². The van der Waals surface area contributed by atoms with E-state index in [-0.39, 0.29) is 22.9 Å². The highest BCUT2D eigenvalue weighted by molar-refractivity contribution is 7.89. The van der Waals surface area contributed by atoms with Crippen molar-refractivity contribution in [2.75, 3.05) is 27.2 Å². The molecular formula is C15H23N3O4S. The van der Waals surface area contributed by atoms with E-state index in [1.807, 2.05) is 0 Å². The molecule has 2 heterocycles. The van der Waals surface area contributed by atoms with Crippen LogP contribution in [-0.2, 0) is 21.4 Å². The van der Waals surface area contributed by atoms with Crippen LogP contribution in [0, 0.1) is 5.92 Å². The summed E-state index contributed by atoms with van der Waals surface area (Å²) >= 11 is 0. The average molecular weight is 341 g/mol. The first-order chi connectivity index (χ1) is 10.7. The molecule has 1 aliphatic heterocycles. The summed E-state index contributed by atoms with van der Waals surface area (Å²) in [5.74, 6) is 0.294. The van der Waals surface area contributed by atoms with Gasteiger partial charge in [0.25, 0.3) is 5.56 Å². The SMILES string of the molecule is C[C@H]1CCCN(C(=O)Cn2cc(S(=O)(=O)N(C)C)ccc2=O)C1. The normalized spacial score (nSPS) is 19.1. The fourth-order valence-electron chi connectivity index (χ4n) is 2.66. The fourth-order valence-corrected chi connectivity index (χ4v) is 3.58. The Hall–Kier alpha value is -1.67. The maximum Gasteiger partial charge on any atom is 0.251 e. The van der Waals surface area contributed by atoms with Crippen molar-refractivity contribution in [2.24, 2.45) is 5.92 Å². The summed E-state index contributed by atoms with van der Waals surface area (Å²) in [7, 11) is -0.794. The maximum absolute atomic E-state index is 12.4. The molecule has 8 heteroatoms. The van der Waals surface area contributed by atoms with Crippen molar-refractivity contribution in [1.29, 1.82) is 0 Å². The van der Waals surface area contributed by atoms with E-state index in [4.69, 9.17) is 0 Å². The van der Waals surface area contributed by atoms with Crippen LogP contribution in [0.3, 0.4) is 0 Å². The molecule has 0 aromatic carbocycles. The highest BCUT2D eigenvalue weighted by Crippen LogP contribution is 2.16. The molecule has 0 unspecified atom stereocenters. The van der Waals surface area contributed by atoms with Crippen molar-refractivity contribution in [3.63, 3.8) is 0 Å². The topological polar surface area (TPSA) is 79.7 Å². The Morgan fingerprint density at radius 3 is 2.65 bits per heavy atom. The van der Waals surface area contributed by atoms with Crippen molar-refractivity contribution < 1.29 is 13.2 Å². The van der Waals surface area contributed by atoms with E-state index in [1.165, 1.54) is 32.4 Å². The van der Waals surface area contributed by atoms with Gasteiger partial charge in [-0.25, -0.2) is 12.7 Å². The van der Waals surface area contributed by atoms with Crippen LogP contribution in [0.15, 0.2) is 28.0 Å². The molecule has 0 bridgehead atoms. The van der Waals surface area contributed by atoms with Gasteiger partial charge in [0.2, 0.25) is 15.9 Å². The van der Waals surface area contributed by atoms with Crippen LogP contribution in [0.1, 0.15) is 19.8 Å². The standard InChI is InChI=1S/C15H23N3O4S/c1-12-5-4-8-17(9-12)15(20)11-18-10-13(6-7-14(18)19)23(21,22)16(2)3/h6-7,10,12H,4-5,8-9,11H2,1-3H3/t12-/m0/s1. The predicted molar refractivity (Wildman–Crippen MR) is 86.6 cm³/mol. The van der Waals surface area contributed by atoms with Crippen LogP contribution < -0.4 is 5.56 Å². The number of likely N-dealkylation sites (tertiary alicyclic amines) is 1. The Bertz CT molecular complexity index is 739. The van der Waals surface area contributed by atoms with Crippen LogP contribution in [0.2, 0.25) is 0 Å². The van der Waals surface area contributed by atoms with Crippen molar-refractivity contribution in [2.45, 2.75) is 31.2 Å². The van der Waals surface area contributed by atoms with Gasteiger partial charge in [0, 0.05) is 39.4 Å². The number of carbonyl (C=O) groups excluding carboxylic acids is 1.